The van der Waals surface area contributed by atoms with Gasteiger partial charge in [-0.25, -0.2) is 4.79 Å². The predicted molar refractivity (Wildman–Crippen MR) is 131 cm³/mol. The molecule has 0 atom stereocenters. The molecule has 0 unspecified atom stereocenters. The molecule has 0 bridgehead atoms. The van der Waals surface area contributed by atoms with Crippen molar-refractivity contribution < 1.29 is 9.47 Å². The average Bonchev–Trinajstić information content (AvgIpc) is 2.78. The number of fused-ring (bicyclic) bond motifs is 1. The van der Waals surface area contributed by atoms with Gasteiger partial charge in [0.15, 0.2) is 11.5 Å². The third-order valence-electron chi connectivity index (χ3n) is 4.71. The number of ether oxygens (including phenoxy) is 2. The maximum Gasteiger partial charge on any atom is 0.349 e. The van der Waals surface area contributed by atoms with Crippen LogP contribution in [-0.2, 0) is 6.61 Å². The number of benzene rings is 3. The lowest BCUT2D eigenvalue weighted by Crippen LogP contribution is -2.32. The second-order valence-corrected chi connectivity index (χ2v) is 8.51. The molecular weight excluding hydrogens is 542 g/mol. The number of halogens is 2. The zero-order valence-corrected chi connectivity index (χ0v) is 20.0. The van der Waals surface area contributed by atoms with Crippen molar-refractivity contribution in [2.24, 2.45) is 5.10 Å². The molecule has 0 amide bonds. The van der Waals surface area contributed by atoms with Gasteiger partial charge in [0, 0.05) is 20.1 Å². The molecule has 0 saturated heterocycles. The van der Waals surface area contributed by atoms with Crippen molar-refractivity contribution >= 4 is 49.0 Å². The van der Waals surface area contributed by atoms with Crippen LogP contribution in [0.1, 0.15) is 11.1 Å². The van der Waals surface area contributed by atoms with Gasteiger partial charge in [-0.2, -0.15) is 5.10 Å². The minimum Gasteiger partial charge on any atom is -0.493 e. The van der Waals surface area contributed by atoms with Gasteiger partial charge in [0.05, 0.1) is 24.2 Å². The number of para-hydroxylation sites is 2. The molecule has 9 heteroatoms. The zero-order valence-electron chi connectivity index (χ0n) is 16.8. The molecule has 4 aromatic rings. The normalized spacial score (nSPS) is 11.2. The molecule has 0 fully saturated rings. The van der Waals surface area contributed by atoms with Crippen LogP contribution in [0.15, 0.2) is 84.3 Å². The Morgan fingerprint density at radius 1 is 1.06 bits per heavy atom. The Morgan fingerprint density at radius 2 is 1.88 bits per heavy atom. The van der Waals surface area contributed by atoms with E-state index in [-0.39, 0.29) is 6.61 Å². The zero-order chi connectivity index (χ0) is 22.7. The fourth-order valence-electron chi connectivity index (χ4n) is 3.12. The summed E-state index contributed by atoms with van der Waals surface area (Å²) in [7, 11) is 1.54. The molecule has 0 aliphatic carbocycles. The fourth-order valence-corrected chi connectivity index (χ4v) is 4.28. The van der Waals surface area contributed by atoms with E-state index >= 15 is 0 Å². The van der Waals surface area contributed by atoms with Gasteiger partial charge in [-0.05, 0) is 36.4 Å². The average molecular weight is 559 g/mol. The molecule has 162 valence electrons. The Bertz CT molecular complexity index is 1440. The van der Waals surface area contributed by atoms with E-state index in [9.17, 15) is 9.59 Å². The van der Waals surface area contributed by atoms with Crippen molar-refractivity contribution in [3.63, 3.8) is 0 Å². The van der Waals surface area contributed by atoms with Gasteiger partial charge in [-0.15, -0.1) is 4.68 Å². The van der Waals surface area contributed by atoms with E-state index in [0.29, 0.717) is 28.0 Å². The van der Waals surface area contributed by atoms with Crippen molar-refractivity contribution in [1.29, 1.82) is 0 Å². The number of aromatic amines is 1. The summed E-state index contributed by atoms with van der Waals surface area (Å²) in [5, 5.41) is 4.50. The maximum atomic E-state index is 12.7. The SMILES string of the molecule is COc1cccc(C=Nn2c(=O)[nH]c3ccccc3c2=O)c1OCc1ccc(Br)cc1Br. The largest absolute Gasteiger partial charge is 0.493 e. The van der Waals surface area contributed by atoms with Crippen LogP contribution in [0.3, 0.4) is 0 Å². The van der Waals surface area contributed by atoms with Crippen LogP contribution in [0, 0.1) is 0 Å². The number of rotatable bonds is 6. The van der Waals surface area contributed by atoms with Crippen molar-refractivity contribution in [3.05, 3.63) is 102 Å². The number of aromatic nitrogens is 2. The molecule has 0 saturated carbocycles. The molecule has 1 aromatic heterocycles. The van der Waals surface area contributed by atoms with Gasteiger partial charge in [0.2, 0.25) is 0 Å². The number of methoxy groups -OCH3 is 1. The van der Waals surface area contributed by atoms with Crippen LogP contribution in [0.25, 0.3) is 10.9 Å². The smallest absolute Gasteiger partial charge is 0.349 e. The molecule has 0 spiro atoms. The van der Waals surface area contributed by atoms with Crippen LogP contribution >= 0.6 is 31.9 Å². The van der Waals surface area contributed by atoms with E-state index in [1.54, 1.807) is 42.5 Å². The molecule has 1 N–H and O–H groups in total. The standard InChI is InChI=1S/C23H17Br2N3O4/c1-31-20-8-4-5-14(21(20)32-13-15-9-10-16(24)11-18(15)25)12-26-28-22(29)17-6-2-3-7-19(17)27-23(28)30/h2-12H,13H2,1H3,(H,27,30). The summed E-state index contributed by atoms with van der Waals surface area (Å²) in [6, 6.07) is 17.9. The van der Waals surface area contributed by atoms with Crippen LogP contribution in [-0.4, -0.2) is 23.0 Å². The van der Waals surface area contributed by atoms with Crippen molar-refractivity contribution in [2.45, 2.75) is 6.61 Å². The van der Waals surface area contributed by atoms with Gasteiger partial charge >= 0.3 is 5.69 Å². The molecule has 7 nitrogen and oxygen atoms in total. The summed E-state index contributed by atoms with van der Waals surface area (Å²) < 4.78 is 14.1. The lowest BCUT2D eigenvalue weighted by molar-refractivity contribution is 0.283. The number of nitrogens with zero attached hydrogens (tertiary/aromatic N) is 2. The Labute approximate surface area is 199 Å². The highest BCUT2D eigenvalue weighted by atomic mass is 79.9. The third-order valence-corrected chi connectivity index (χ3v) is 5.94. The van der Waals surface area contributed by atoms with E-state index in [0.717, 1.165) is 19.2 Å². The Balaban J connectivity index is 1.70. The van der Waals surface area contributed by atoms with Crippen LogP contribution in [0.2, 0.25) is 0 Å². The Kier molecular flexibility index (Phi) is 6.57. The molecule has 1 heterocycles. The van der Waals surface area contributed by atoms with E-state index in [1.807, 2.05) is 18.2 Å². The Morgan fingerprint density at radius 3 is 2.66 bits per heavy atom. The molecule has 0 radical (unpaired) electrons. The molecule has 3 aromatic carbocycles. The fraction of sp³-hybridized carbons (Fsp3) is 0.0870. The molecule has 0 aliphatic rings. The summed E-state index contributed by atoms with van der Waals surface area (Å²) in [6.45, 7) is 0.269. The first kappa shape index (κ1) is 22.0. The van der Waals surface area contributed by atoms with E-state index in [2.05, 4.69) is 41.9 Å². The van der Waals surface area contributed by atoms with Crippen LogP contribution < -0.4 is 20.7 Å². The van der Waals surface area contributed by atoms with Crippen LogP contribution in [0.5, 0.6) is 11.5 Å². The first-order valence-electron chi connectivity index (χ1n) is 9.50. The second-order valence-electron chi connectivity index (χ2n) is 6.74. The lowest BCUT2D eigenvalue weighted by Gasteiger charge is -2.14. The highest BCUT2D eigenvalue weighted by Gasteiger charge is 2.12. The minimum atomic E-state index is -0.630. The summed E-state index contributed by atoms with van der Waals surface area (Å²) in [5.74, 6) is 0.945. The molecular formula is C23H17Br2N3O4. The highest BCUT2D eigenvalue weighted by molar-refractivity contribution is 9.11. The maximum absolute atomic E-state index is 12.7. The van der Waals surface area contributed by atoms with E-state index in [1.165, 1.54) is 13.3 Å². The first-order chi connectivity index (χ1) is 15.5. The second kappa shape index (κ2) is 9.54. The van der Waals surface area contributed by atoms with Gasteiger partial charge in [-0.3, -0.25) is 4.79 Å². The number of hydrogen-bond donors (Lipinski definition) is 1. The van der Waals surface area contributed by atoms with Gasteiger partial charge in [-0.1, -0.05) is 56.1 Å². The van der Waals surface area contributed by atoms with Gasteiger partial charge < -0.3 is 14.5 Å². The van der Waals surface area contributed by atoms with Crippen molar-refractivity contribution in [2.75, 3.05) is 7.11 Å². The van der Waals surface area contributed by atoms with E-state index < -0.39 is 11.2 Å². The number of nitrogens with one attached hydrogen (secondary N) is 1. The first-order valence-corrected chi connectivity index (χ1v) is 11.1. The van der Waals surface area contributed by atoms with Crippen molar-refractivity contribution in [1.82, 2.24) is 9.66 Å². The lowest BCUT2D eigenvalue weighted by atomic mass is 10.2. The number of hydrogen-bond acceptors (Lipinski definition) is 5. The molecule has 4 rings (SSSR count). The van der Waals surface area contributed by atoms with Crippen molar-refractivity contribution in [3.8, 4) is 11.5 Å². The molecule has 0 aliphatic heterocycles. The third kappa shape index (κ3) is 4.53. The topological polar surface area (TPSA) is 85.7 Å². The van der Waals surface area contributed by atoms with Gasteiger partial charge in [0.1, 0.15) is 6.61 Å². The summed E-state index contributed by atoms with van der Waals surface area (Å²) in [5.41, 5.74) is 0.805. The van der Waals surface area contributed by atoms with E-state index in [4.69, 9.17) is 9.47 Å². The minimum absolute atomic E-state index is 0.269. The van der Waals surface area contributed by atoms with Gasteiger partial charge in [0.25, 0.3) is 5.56 Å². The highest BCUT2D eigenvalue weighted by Crippen LogP contribution is 2.32. The summed E-state index contributed by atoms with van der Waals surface area (Å²) in [6.07, 6.45) is 1.40. The molecule has 32 heavy (non-hydrogen) atoms. The predicted octanol–water partition coefficient (Wildman–Crippen LogP) is 4.68. The summed E-state index contributed by atoms with van der Waals surface area (Å²) in [4.78, 5) is 27.8. The number of H-pyrrole nitrogens is 1. The summed E-state index contributed by atoms with van der Waals surface area (Å²) >= 11 is 6.96. The Hall–Kier alpha value is -3.17. The quantitative estimate of drug-likeness (QED) is 0.348. The monoisotopic (exact) mass is 557 g/mol. The van der Waals surface area contributed by atoms with Crippen LogP contribution in [0.4, 0.5) is 0 Å².